The highest BCUT2D eigenvalue weighted by molar-refractivity contribution is 5.01. The molecule has 1 aliphatic heterocycles. The van der Waals surface area contributed by atoms with E-state index in [1.807, 2.05) is 0 Å². The minimum absolute atomic E-state index is 0.889. The van der Waals surface area contributed by atoms with Crippen molar-refractivity contribution >= 4 is 0 Å². The Labute approximate surface area is 43.7 Å². The van der Waals surface area contributed by atoms with Crippen molar-refractivity contribution in [2.45, 2.75) is 19.3 Å². The number of fused-ring (bicyclic) bond motifs is 1. The third-order valence-corrected chi connectivity index (χ3v) is 1.95. The number of rotatable bonds is 0. The summed E-state index contributed by atoms with van der Waals surface area (Å²) in [6, 6.07) is 0. The monoisotopic (exact) mass is 97.1 g/mol. The first-order chi connectivity index (χ1) is 3.47. The maximum Gasteiger partial charge on any atom is 0.100 e. The average Bonchev–Trinajstić information content (AvgIpc) is 1.85. The average molecular weight is 97.1 g/mol. The Morgan fingerprint density at radius 1 is 1.43 bits per heavy atom. The molecule has 1 nitrogen and oxygen atoms in total. The van der Waals surface area contributed by atoms with Crippen LogP contribution in [0.2, 0.25) is 0 Å². The second-order valence-corrected chi connectivity index (χ2v) is 2.34. The van der Waals surface area contributed by atoms with Gasteiger partial charge in [0, 0.05) is 6.61 Å². The Kier molecular flexibility index (Phi) is 0.680. The topological polar surface area (TPSA) is 9.23 Å². The highest BCUT2D eigenvalue weighted by Crippen LogP contribution is 2.43. The van der Waals surface area contributed by atoms with Crippen molar-refractivity contribution in [1.82, 2.24) is 0 Å². The molecular weight excluding hydrogens is 88.1 g/mol. The van der Waals surface area contributed by atoms with Gasteiger partial charge in [-0.25, -0.2) is 0 Å². The largest absolute Gasteiger partial charge is 0.372 e. The van der Waals surface area contributed by atoms with Gasteiger partial charge in [-0.3, -0.25) is 0 Å². The summed E-state index contributed by atoms with van der Waals surface area (Å²) < 4.78 is 5.27. The van der Waals surface area contributed by atoms with Gasteiger partial charge in [-0.15, -0.1) is 0 Å². The van der Waals surface area contributed by atoms with Crippen LogP contribution in [0.4, 0.5) is 0 Å². The summed E-state index contributed by atoms with van der Waals surface area (Å²) >= 11 is 0. The van der Waals surface area contributed by atoms with Crippen LogP contribution in [0, 0.1) is 12.0 Å². The van der Waals surface area contributed by atoms with Crippen LogP contribution < -0.4 is 0 Å². The van der Waals surface area contributed by atoms with Crippen LogP contribution in [-0.2, 0) is 4.74 Å². The fourth-order valence-corrected chi connectivity index (χ4v) is 1.29. The quantitative estimate of drug-likeness (QED) is 0.443. The molecule has 0 aromatic heterocycles. The number of hydrogen-bond donors (Lipinski definition) is 0. The smallest absolute Gasteiger partial charge is 0.100 e. The van der Waals surface area contributed by atoms with Crippen molar-refractivity contribution in [1.29, 1.82) is 0 Å². The van der Waals surface area contributed by atoms with Crippen molar-refractivity contribution in [2.75, 3.05) is 6.61 Å². The molecule has 2 fully saturated rings. The van der Waals surface area contributed by atoms with Gasteiger partial charge in [-0.05, 0) is 25.2 Å². The predicted octanol–water partition coefficient (Wildman–Crippen LogP) is 1.35. The molecule has 1 saturated heterocycles. The molecule has 0 aromatic rings. The van der Waals surface area contributed by atoms with Gasteiger partial charge in [0.2, 0.25) is 0 Å². The van der Waals surface area contributed by atoms with E-state index in [2.05, 4.69) is 0 Å². The van der Waals surface area contributed by atoms with E-state index in [1.165, 1.54) is 25.4 Å². The maximum absolute atomic E-state index is 5.27. The van der Waals surface area contributed by atoms with Crippen molar-refractivity contribution in [2.24, 2.45) is 5.92 Å². The normalized spacial score (nSPS) is 40.3. The molecule has 2 rings (SSSR count). The Morgan fingerprint density at radius 2 is 2.43 bits per heavy atom. The van der Waals surface area contributed by atoms with Gasteiger partial charge in [-0.1, -0.05) is 0 Å². The van der Waals surface area contributed by atoms with Crippen molar-refractivity contribution in [3.8, 4) is 0 Å². The van der Waals surface area contributed by atoms with E-state index in [0.717, 1.165) is 12.5 Å². The van der Waals surface area contributed by atoms with Gasteiger partial charge in [0.25, 0.3) is 0 Å². The first kappa shape index (κ1) is 3.90. The lowest BCUT2D eigenvalue weighted by molar-refractivity contribution is 0.136. The van der Waals surface area contributed by atoms with Gasteiger partial charge in [0.15, 0.2) is 0 Å². The molecule has 1 atom stereocenters. The van der Waals surface area contributed by atoms with Crippen LogP contribution in [0.15, 0.2) is 0 Å². The number of hydrogen-bond acceptors (Lipinski definition) is 1. The maximum atomic E-state index is 5.27. The van der Waals surface area contributed by atoms with Crippen molar-refractivity contribution in [3.05, 3.63) is 6.10 Å². The van der Waals surface area contributed by atoms with E-state index in [-0.39, 0.29) is 0 Å². The molecule has 1 radical (unpaired) electrons. The standard InChI is InChI=1S/C6H9O/c1-2-6-5(1)3-4-7-6/h5H,1-4H2. The highest BCUT2D eigenvalue weighted by atomic mass is 16.5. The van der Waals surface area contributed by atoms with Gasteiger partial charge in [0.1, 0.15) is 6.10 Å². The summed E-state index contributed by atoms with van der Waals surface area (Å²) in [5.74, 6) is 0.889. The summed E-state index contributed by atoms with van der Waals surface area (Å²) in [6.45, 7) is 1.00. The van der Waals surface area contributed by atoms with E-state index in [9.17, 15) is 0 Å². The summed E-state index contributed by atoms with van der Waals surface area (Å²) in [4.78, 5) is 0. The second kappa shape index (κ2) is 1.22. The van der Waals surface area contributed by atoms with E-state index < -0.39 is 0 Å². The van der Waals surface area contributed by atoms with Gasteiger partial charge < -0.3 is 4.74 Å². The van der Waals surface area contributed by atoms with Gasteiger partial charge in [-0.2, -0.15) is 0 Å². The van der Waals surface area contributed by atoms with Gasteiger partial charge in [0.05, 0.1) is 0 Å². The number of ether oxygens (including phenoxy) is 1. The third-order valence-electron chi connectivity index (χ3n) is 1.95. The van der Waals surface area contributed by atoms with Crippen LogP contribution >= 0.6 is 0 Å². The van der Waals surface area contributed by atoms with Crippen molar-refractivity contribution in [3.63, 3.8) is 0 Å². The molecule has 0 bridgehead atoms. The Bertz CT molecular complexity index is 70.2. The summed E-state index contributed by atoms with van der Waals surface area (Å²) in [6.07, 6.45) is 5.34. The Morgan fingerprint density at radius 3 is 2.71 bits per heavy atom. The molecule has 1 heteroatoms. The molecule has 39 valence electrons. The van der Waals surface area contributed by atoms with Crippen LogP contribution in [0.25, 0.3) is 0 Å². The molecule has 1 aliphatic carbocycles. The fraction of sp³-hybridized carbons (Fsp3) is 0.833. The molecule has 1 heterocycles. The van der Waals surface area contributed by atoms with Crippen LogP contribution in [0.3, 0.4) is 0 Å². The Balaban J connectivity index is 2.03. The third kappa shape index (κ3) is 0.418. The Hall–Kier alpha value is -0.0400. The fourth-order valence-electron chi connectivity index (χ4n) is 1.29. The predicted molar refractivity (Wildman–Crippen MR) is 26.5 cm³/mol. The molecule has 0 amide bonds. The first-order valence-corrected chi connectivity index (χ1v) is 2.95. The highest BCUT2D eigenvalue weighted by Gasteiger charge is 2.36. The van der Waals surface area contributed by atoms with E-state index in [4.69, 9.17) is 4.74 Å². The minimum atomic E-state index is 0.889. The zero-order chi connectivity index (χ0) is 4.69. The molecule has 2 aliphatic rings. The molecule has 0 aromatic carbocycles. The lowest BCUT2D eigenvalue weighted by atomic mass is 9.82. The minimum Gasteiger partial charge on any atom is -0.372 e. The summed E-state index contributed by atoms with van der Waals surface area (Å²) in [5.41, 5.74) is 0. The lowest BCUT2D eigenvalue weighted by Crippen LogP contribution is -2.17. The molecule has 1 unspecified atom stereocenters. The summed E-state index contributed by atoms with van der Waals surface area (Å²) in [5, 5.41) is 0. The summed E-state index contributed by atoms with van der Waals surface area (Å²) in [7, 11) is 0. The molecule has 1 saturated carbocycles. The molecule has 0 spiro atoms. The zero-order valence-corrected chi connectivity index (χ0v) is 4.31. The van der Waals surface area contributed by atoms with Crippen LogP contribution in [0.1, 0.15) is 19.3 Å². The van der Waals surface area contributed by atoms with Gasteiger partial charge >= 0.3 is 0 Å². The zero-order valence-electron chi connectivity index (χ0n) is 4.31. The first-order valence-electron chi connectivity index (χ1n) is 2.95. The molecule has 0 N–H and O–H groups in total. The molecular formula is C6H9O. The SMILES string of the molecule is C1CC2CC[C]2O1. The molecule has 7 heavy (non-hydrogen) atoms. The van der Waals surface area contributed by atoms with Crippen molar-refractivity contribution < 1.29 is 4.74 Å². The van der Waals surface area contributed by atoms with Crippen LogP contribution in [-0.4, -0.2) is 6.61 Å². The lowest BCUT2D eigenvalue weighted by Gasteiger charge is -2.26. The van der Waals surface area contributed by atoms with E-state index >= 15 is 0 Å². The van der Waals surface area contributed by atoms with Crippen LogP contribution in [0.5, 0.6) is 0 Å². The second-order valence-electron chi connectivity index (χ2n) is 2.34. The van der Waals surface area contributed by atoms with E-state index in [1.54, 1.807) is 0 Å². The van der Waals surface area contributed by atoms with E-state index in [0.29, 0.717) is 0 Å².